The van der Waals surface area contributed by atoms with Crippen molar-refractivity contribution in [3.05, 3.63) is 65.2 Å². The number of likely N-dealkylation sites (tertiary alicyclic amines) is 1. The number of hydrogen-bond donors (Lipinski definition) is 1. The number of sulfone groups is 1. The van der Waals surface area contributed by atoms with Gasteiger partial charge in [0.05, 0.1) is 17.1 Å². The molecule has 8 nitrogen and oxygen atoms in total. The summed E-state index contributed by atoms with van der Waals surface area (Å²) >= 11 is 0. The summed E-state index contributed by atoms with van der Waals surface area (Å²) in [7, 11) is -6.65. The smallest absolute Gasteiger partial charge is 0.227 e. The zero-order valence-corrected chi connectivity index (χ0v) is 26.8. The average Bonchev–Trinajstić information content (AvgIpc) is 2.93. The number of amides is 1. The molecule has 12 heteroatoms. The van der Waals surface area contributed by atoms with Gasteiger partial charge in [0.15, 0.2) is 9.84 Å². The van der Waals surface area contributed by atoms with Gasteiger partial charge in [-0.25, -0.2) is 29.9 Å². The molecule has 43 heavy (non-hydrogen) atoms. The first-order valence-corrected chi connectivity index (χ1v) is 18.7. The summed E-state index contributed by atoms with van der Waals surface area (Å²) in [6.07, 6.45) is 6.39. The molecule has 0 saturated carbocycles. The van der Waals surface area contributed by atoms with Gasteiger partial charge in [-0.2, -0.15) is 0 Å². The van der Waals surface area contributed by atoms with Gasteiger partial charge in [0.25, 0.3) is 0 Å². The van der Waals surface area contributed by atoms with Crippen LogP contribution in [-0.4, -0.2) is 83.2 Å². The lowest BCUT2D eigenvalue weighted by atomic mass is 9.78. The van der Waals surface area contributed by atoms with Crippen LogP contribution in [-0.2, 0) is 24.7 Å². The van der Waals surface area contributed by atoms with Gasteiger partial charge in [0, 0.05) is 44.5 Å². The predicted octanol–water partition coefficient (Wildman–Crippen LogP) is 4.29. The average molecular weight is 640 g/mol. The Labute approximate surface area is 254 Å². The summed E-state index contributed by atoms with van der Waals surface area (Å²) in [5.74, 6) is -1.76. The zero-order chi connectivity index (χ0) is 31.4. The second-order valence-corrected chi connectivity index (χ2v) is 16.0. The number of hydrogen-bond acceptors (Lipinski definition) is 6. The Kier molecular flexibility index (Phi) is 11.0. The highest BCUT2D eigenvalue weighted by molar-refractivity contribution is 7.90. The Balaban J connectivity index is 1.34. The maximum absolute atomic E-state index is 14.2. The van der Waals surface area contributed by atoms with Gasteiger partial charge in [-0.15, -0.1) is 0 Å². The molecule has 2 unspecified atom stereocenters. The molecule has 2 atom stereocenters. The lowest BCUT2D eigenvalue weighted by Gasteiger charge is -2.37. The Morgan fingerprint density at radius 2 is 1.53 bits per heavy atom. The van der Waals surface area contributed by atoms with E-state index in [1.165, 1.54) is 28.8 Å². The lowest BCUT2D eigenvalue weighted by molar-refractivity contribution is -0.123. The zero-order valence-electron chi connectivity index (χ0n) is 25.1. The minimum absolute atomic E-state index is 0.00400. The van der Waals surface area contributed by atoms with E-state index in [9.17, 15) is 30.4 Å². The second kappa shape index (κ2) is 14.1. The number of nitrogens with zero attached hydrogens (tertiary/aromatic N) is 2. The lowest BCUT2D eigenvalue weighted by Crippen LogP contribution is -2.46. The largest absolute Gasteiger partial charge is 0.353 e. The van der Waals surface area contributed by atoms with E-state index in [1.807, 2.05) is 6.92 Å². The van der Waals surface area contributed by atoms with Crippen molar-refractivity contribution < 1.29 is 30.4 Å². The van der Waals surface area contributed by atoms with Crippen molar-refractivity contribution in [2.45, 2.75) is 68.2 Å². The molecule has 0 aromatic heterocycles. The number of benzene rings is 2. The Morgan fingerprint density at radius 1 is 0.907 bits per heavy atom. The Hall–Kier alpha value is -2.41. The first-order chi connectivity index (χ1) is 20.2. The third kappa shape index (κ3) is 9.06. The van der Waals surface area contributed by atoms with Gasteiger partial charge < -0.3 is 10.2 Å². The van der Waals surface area contributed by atoms with Crippen LogP contribution in [0.4, 0.5) is 8.78 Å². The fourth-order valence-electron chi connectivity index (χ4n) is 6.53. The quantitative estimate of drug-likeness (QED) is 0.394. The molecular formula is C31H43F2N3O5S2. The van der Waals surface area contributed by atoms with Crippen molar-refractivity contribution in [1.82, 2.24) is 14.5 Å². The minimum atomic E-state index is -3.38. The molecule has 2 aliphatic rings. The predicted molar refractivity (Wildman–Crippen MR) is 163 cm³/mol. The van der Waals surface area contributed by atoms with Crippen LogP contribution >= 0.6 is 0 Å². The van der Waals surface area contributed by atoms with Gasteiger partial charge >= 0.3 is 0 Å². The van der Waals surface area contributed by atoms with Crippen molar-refractivity contribution in [2.24, 2.45) is 5.92 Å². The van der Waals surface area contributed by atoms with Crippen LogP contribution in [0.2, 0.25) is 0 Å². The van der Waals surface area contributed by atoms with E-state index in [4.69, 9.17) is 0 Å². The molecule has 0 bridgehead atoms. The van der Waals surface area contributed by atoms with Gasteiger partial charge in [-0.1, -0.05) is 19.1 Å². The number of carbonyl (C=O) groups is 1. The van der Waals surface area contributed by atoms with E-state index in [0.717, 1.165) is 44.8 Å². The topological polar surface area (TPSA) is 104 Å². The normalized spacial score (nSPS) is 19.7. The van der Waals surface area contributed by atoms with Crippen molar-refractivity contribution in [2.75, 3.05) is 45.2 Å². The molecular weight excluding hydrogens is 596 g/mol. The molecule has 238 valence electrons. The molecule has 2 aromatic carbocycles. The van der Waals surface area contributed by atoms with Crippen molar-refractivity contribution >= 4 is 25.8 Å². The van der Waals surface area contributed by atoms with E-state index in [2.05, 4.69) is 10.2 Å². The number of piperidine rings is 2. The second-order valence-electron chi connectivity index (χ2n) is 12.0. The van der Waals surface area contributed by atoms with Gasteiger partial charge in [-0.3, -0.25) is 4.79 Å². The van der Waals surface area contributed by atoms with Crippen LogP contribution in [0.15, 0.2) is 47.4 Å². The molecule has 0 radical (unpaired) electrons. The highest BCUT2D eigenvalue weighted by atomic mass is 32.2. The molecule has 0 aliphatic carbocycles. The van der Waals surface area contributed by atoms with Gasteiger partial charge in [0.2, 0.25) is 15.9 Å². The Bertz CT molecular complexity index is 1470. The van der Waals surface area contributed by atoms with E-state index >= 15 is 0 Å². The standard InChI is InChI=1S/C31H43F2N3O5S2/c1-4-29(23-6-5-7-28(20-23)42(2,38)39)31(37)34-27-10-13-35(14-11-27)15-12-30(24-18-25(32)21-26(33)19-24)22-8-16-36(17-9-22)43(3,40)41/h5-7,18-22,27,29-30H,4,8-17H2,1-3H3,(H,34,37). The fraction of sp³-hybridized carbons (Fsp3) is 0.581. The summed E-state index contributed by atoms with van der Waals surface area (Å²) in [6.45, 7) is 4.97. The summed E-state index contributed by atoms with van der Waals surface area (Å²) in [5, 5.41) is 3.17. The third-order valence-corrected chi connectivity index (χ3v) is 11.4. The van der Waals surface area contributed by atoms with Crippen LogP contribution < -0.4 is 5.32 Å². The molecule has 2 aromatic rings. The number of sulfonamides is 1. The van der Waals surface area contributed by atoms with Crippen LogP contribution in [0.5, 0.6) is 0 Å². The molecule has 1 amide bonds. The van der Waals surface area contributed by atoms with Crippen LogP contribution in [0, 0.1) is 17.6 Å². The summed E-state index contributed by atoms with van der Waals surface area (Å²) in [6, 6.07) is 10.2. The third-order valence-electron chi connectivity index (χ3n) is 8.95. The van der Waals surface area contributed by atoms with Gasteiger partial charge in [-0.05, 0) is 92.3 Å². The van der Waals surface area contributed by atoms with Gasteiger partial charge in [0.1, 0.15) is 11.6 Å². The number of rotatable bonds is 11. The maximum atomic E-state index is 14.2. The SMILES string of the molecule is CCC(C(=O)NC1CCN(CCC(c2cc(F)cc(F)c2)C2CCN(S(C)(=O)=O)CC2)CC1)c1cccc(S(C)(=O)=O)c1. The van der Waals surface area contributed by atoms with Crippen LogP contribution in [0.25, 0.3) is 0 Å². The molecule has 0 spiro atoms. The summed E-state index contributed by atoms with van der Waals surface area (Å²) < 4.78 is 77.8. The van der Waals surface area contributed by atoms with Crippen molar-refractivity contribution in [3.63, 3.8) is 0 Å². The molecule has 2 saturated heterocycles. The van der Waals surface area contributed by atoms with E-state index in [1.54, 1.807) is 18.2 Å². The van der Waals surface area contributed by atoms with E-state index < -0.39 is 37.4 Å². The van der Waals surface area contributed by atoms with Crippen LogP contribution in [0.1, 0.15) is 68.4 Å². The number of nitrogens with one attached hydrogen (secondary N) is 1. The first-order valence-electron chi connectivity index (χ1n) is 15.0. The summed E-state index contributed by atoms with van der Waals surface area (Å²) in [5.41, 5.74) is 1.30. The number of carbonyl (C=O) groups excluding carboxylic acids is 1. The fourth-order valence-corrected chi connectivity index (χ4v) is 8.08. The molecule has 2 heterocycles. The molecule has 1 N–H and O–H groups in total. The minimum Gasteiger partial charge on any atom is -0.353 e. The van der Waals surface area contributed by atoms with Crippen molar-refractivity contribution in [1.29, 1.82) is 0 Å². The molecule has 2 fully saturated rings. The maximum Gasteiger partial charge on any atom is 0.227 e. The molecule has 4 rings (SSSR count). The Morgan fingerprint density at radius 3 is 2.09 bits per heavy atom. The first kappa shape index (κ1) is 33.5. The number of halogens is 2. The highest BCUT2D eigenvalue weighted by Crippen LogP contribution is 2.37. The monoisotopic (exact) mass is 639 g/mol. The van der Waals surface area contributed by atoms with Crippen molar-refractivity contribution in [3.8, 4) is 0 Å². The molecule has 2 aliphatic heterocycles. The van der Waals surface area contributed by atoms with E-state index in [-0.39, 0.29) is 28.7 Å². The highest BCUT2D eigenvalue weighted by Gasteiger charge is 2.32. The van der Waals surface area contributed by atoms with E-state index in [0.29, 0.717) is 49.9 Å². The summed E-state index contributed by atoms with van der Waals surface area (Å²) in [4.78, 5) is 15.7. The van der Waals surface area contributed by atoms with Crippen LogP contribution in [0.3, 0.4) is 0 Å².